The van der Waals surface area contributed by atoms with Crippen molar-refractivity contribution in [2.45, 2.75) is 42.9 Å². The summed E-state index contributed by atoms with van der Waals surface area (Å²) in [5, 5.41) is 9.21. The lowest BCUT2D eigenvalue weighted by molar-refractivity contribution is -0.143. The molecule has 1 heterocycles. The predicted molar refractivity (Wildman–Crippen MR) is 57.4 cm³/mol. The maximum atomic E-state index is 11.2. The van der Waals surface area contributed by atoms with E-state index in [0.29, 0.717) is 0 Å². The van der Waals surface area contributed by atoms with Crippen LogP contribution in [0.3, 0.4) is 0 Å². The van der Waals surface area contributed by atoms with Crippen LogP contribution in [0, 0.1) is 5.92 Å². The van der Waals surface area contributed by atoms with E-state index in [1.54, 1.807) is 11.8 Å². The molecule has 0 radical (unpaired) electrons. The highest BCUT2D eigenvalue weighted by atomic mass is 32.2. The van der Waals surface area contributed by atoms with E-state index < -0.39 is 5.97 Å². The van der Waals surface area contributed by atoms with Gasteiger partial charge in [0, 0.05) is 16.5 Å². The number of hydrogen-bond donors (Lipinski definition) is 2. The van der Waals surface area contributed by atoms with E-state index in [4.69, 9.17) is 5.73 Å². The summed E-state index contributed by atoms with van der Waals surface area (Å²) in [5.74, 6) is -0.186. The largest absolute Gasteiger partial charge is 0.481 e. The zero-order chi connectivity index (χ0) is 10.2. The van der Waals surface area contributed by atoms with Gasteiger partial charge >= 0.3 is 5.97 Å². The Balaban J connectivity index is 2.20. The molecular formula is C10H17NO2S. The first-order valence-electron chi connectivity index (χ1n) is 5.28. The van der Waals surface area contributed by atoms with Gasteiger partial charge in [-0.15, -0.1) is 0 Å². The number of aliphatic carboxylic acids is 1. The Morgan fingerprint density at radius 1 is 1.36 bits per heavy atom. The molecule has 3 N–H and O–H groups in total. The zero-order valence-corrected chi connectivity index (χ0v) is 9.05. The highest BCUT2D eigenvalue weighted by Gasteiger charge is 2.51. The Labute approximate surface area is 88.4 Å². The number of carboxylic acid groups (broad SMARTS) is 1. The molecule has 1 saturated heterocycles. The van der Waals surface area contributed by atoms with Crippen LogP contribution in [0.5, 0.6) is 0 Å². The van der Waals surface area contributed by atoms with Crippen LogP contribution in [0.15, 0.2) is 0 Å². The van der Waals surface area contributed by atoms with E-state index in [2.05, 4.69) is 0 Å². The first-order valence-corrected chi connectivity index (χ1v) is 6.27. The van der Waals surface area contributed by atoms with Crippen LogP contribution in [0.25, 0.3) is 0 Å². The molecule has 0 aromatic heterocycles. The number of hydrogen-bond acceptors (Lipinski definition) is 3. The van der Waals surface area contributed by atoms with E-state index in [0.717, 1.165) is 18.6 Å². The first-order chi connectivity index (χ1) is 6.66. The van der Waals surface area contributed by atoms with Gasteiger partial charge in [0.2, 0.25) is 0 Å². The van der Waals surface area contributed by atoms with Crippen molar-refractivity contribution in [2.24, 2.45) is 11.7 Å². The van der Waals surface area contributed by atoms with Crippen LogP contribution >= 0.6 is 11.8 Å². The lowest BCUT2D eigenvalue weighted by Gasteiger charge is -2.36. The summed E-state index contributed by atoms with van der Waals surface area (Å²) in [6.45, 7) is 0. The van der Waals surface area contributed by atoms with Gasteiger partial charge in [-0.3, -0.25) is 4.79 Å². The maximum absolute atomic E-state index is 11.2. The molecule has 80 valence electrons. The van der Waals surface area contributed by atoms with Gasteiger partial charge in [0.15, 0.2) is 0 Å². The second-order valence-corrected chi connectivity index (χ2v) is 5.85. The van der Waals surface area contributed by atoms with E-state index in [-0.39, 0.29) is 16.7 Å². The van der Waals surface area contributed by atoms with Crippen molar-refractivity contribution in [1.82, 2.24) is 0 Å². The van der Waals surface area contributed by atoms with Crippen molar-refractivity contribution >= 4 is 17.7 Å². The van der Waals surface area contributed by atoms with Crippen molar-refractivity contribution < 1.29 is 9.90 Å². The lowest BCUT2D eigenvalue weighted by atomic mass is 9.76. The molecule has 0 aromatic rings. The Hall–Kier alpha value is -0.220. The number of carbonyl (C=O) groups is 1. The summed E-state index contributed by atoms with van der Waals surface area (Å²) in [5.41, 5.74) is 5.88. The Kier molecular flexibility index (Phi) is 2.75. The number of thioether (sulfide) groups is 1. The van der Waals surface area contributed by atoms with Crippen LogP contribution in [0.1, 0.15) is 32.1 Å². The molecule has 2 rings (SSSR count). The van der Waals surface area contributed by atoms with Crippen LogP contribution < -0.4 is 5.73 Å². The van der Waals surface area contributed by atoms with Gasteiger partial charge in [0.05, 0.1) is 5.92 Å². The summed E-state index contributed by atoms with van der Waals surface area (Å²) in [7, 11) is 0. The molecule has 0 aromatic carbocycles. The molecule has 4 heteroatoms. The fraction of sp³-hybridized carbons (Fsp3) is 0.900. The Bertz CT molecular complexity index is 233. The van der Waals surface area contributed by atoms with Gasteiger partial charge in [-0.05, 0) is 12.8 Å². The Morgan fingerprint density at radius 3 is 2.57 bits per heavy atom. The highest BCUT2D eigenvalue weighted by molar-refractivity contribution is 8.01. The van der Waals surface area contributed by atoms with Crippen LogP contribution in [-0.4, -0.2) is 27.6 Å². The van der Waals surface area contributed by atoms with E-state index in [9.17, 15) is 9.90 Å². The summed E-state index contributed by atoms with van der Waals surface area (Å²) in [6, 6.07) is -0.143. The quantitative estimate of drug-likeness (QED) is 0.695. The minimum atomic E-state index is -0.690. The fourth-order valence-electron chi connectivity index (χ4n) is 2.85. The monoisotopic (exact) mass is 215 g/mol. The molecule has 3 nitrogen and oxygen atoms in total. The number of carboxylic acids is 1. The summed E-state index contributed by atoms with van der Waals surface area (Å²) < 4.78 is -0.0243. The van der Waals surface area contributed by atoms with Crippen molar-refractivity contribution in [1.29, 1.82) is 0 Å². The normalized spacial score (nSPS) is 36.1. The predicted octanol–water partition coefficient (Wildman–Crippen LogP) is 1.46. The standard InChI is InChI=1S/C10H17NO2S/c11-7-6-14-10(8(7)9(12)13)4-2-1-3-5-10/h7-8H,1-6,11H2,(H,12,13). The highest BCUT2D eigenvalue weighted by Crippen LogP contribution is 2.51. The maximum Gasteiger partial charge on any atom is 0.309 e. The zero-order valence-electron chi connectivity index (χ0n) is 8.24. The molecule has 2 fully saturated rings. The van der Waals surface area contributed by atoms with E-state index in [1.165, 1.54) is 19.3 Å². The molecule has 0 bridgehead atoms. The molecule has 1 aliphatic heterocycles. The van der Waals surface area contributed by atoms with Crippen molar-refractivity contribution in [3.8, 4) is 0 Å². The van der Waals surface area contributed by atoms with Crippen molar-refractivity contribution in [3.63, 3.8) is 0 Å². The van der Waals surface area contributed by atoms with E-state index in [1.807, 2.05) is 0 Å². The minimum Gasteiger partial charge on any atom is -0.481 e. The van der Waals surface area contributed by atoms with Gasteiger partial charge < -0.3 is 10.8 Å². The average Bonchev–Trinajstić information content (AvgIpc) is 2.45. The number of rotatable bonds is 1. The molecule has 14 heavy (non-hydrogen) atoms. The first kappa shape index (κ1) is 10.3. The number of nitrogens with two attached hydrogens (primary N) is 1. The fourth-order valence-corrected chi connectivity index (χ4v) is 4.60. The van der Waals surface area contributed by atoms with Crippen LogP contribution in [0.4, 0.5) is 0 Å². The SMILES string of the molecule is NC1CSC2(CCCCC2)C1C(=O)O. The molecule has 0 amide bonds. The smallest absolute Gasteiger partial charge is 0.309 e. The van der Waals surface area contributed by atoms with Crippen LogP contribution in [0.2, 0.25) is 0 Å². The summed E-state index contributed by atoms with van der Waals surface area (Å²) in [6.07, 6.45) is 5.68. The molecule has 1 saturated carbocycles. The van der Waals surface area contributed by atoms with Gasteiger partial charge in [-0.25, -0.2) is 0 Å². The molecule has 1 aliphatic carbocycles. The topological polar surface area (TPSA) is 63.3 Å². The third-order valence-corrected chi connectivity index (χ3v) is 5.31. The Morgan fingerprint density at radius 2 is 2.00 bits per heavy atom. The molecule has 1 spiro atoms. The summed E-state index contributed by atoms with van der Waals surface area (Å²) >= 11 is 1.80. The van der Waals surface area contributed by atoms with Gasteiger partial charge in [0.25, 0.3) is 0 Å². The minimum absolute atomic E-state index is 0.0243. The second kappa shape index (κ2) is 3.74. The summed E-state index contributed by atoms with van der Waals surface area (Å²) in [4.78, 5) is 11.2. The van der Waals surface area contributed by atoms with Gasteiger partial charge in [-0.1, -0.05) is 19.3 Å². The van der Waals surface area contributed by atoms with Crippen molar-refractivity contribution in [3.05, 3.63) is 0 Å². The molecule has 2 aliphatic rings. The van der Waals surface area contributed by atoms with Crippen LogP contribution in [-0.2, 0) is 4.79 Å². The molecule has 2 unspecified atom stereocenters. The van der Waals surface area contributed by atoms with Gasteiger partial charge in [-0.2, -0.15) is 11.8 Å². The molecule has 2 atom stereocenters. The van der Waals surface area contributed by atoms with Gasteiger partial charge in [0.1, 0.15) is 0 Å². The average molecular weight is 215 g/mol. The second-order valence-electron chi connectivity index (χ2n) is 4.42. The van der Waals surface area contributed by atoms with E-state index >= 15 is 0 Å². The third kappa shape index (κ3) is 1.54. The molecular weight excluding hydrogens is 198 g/mol. The lowest BCUT2D eigenvalue weighted by Crippen LogP contribution is -2.45. The van der Waals surface area contributed by atoms with Crippen molar-refractivity contribution in [2.75, 3.05) is 5.75 Å². The third-order valence-electron chi connectivity index (χ3n) is 3.52.